The van der Waals surface area contributed by atoms with Gasteiger partial charge in [0, 0.05) is 12.8 Å². The van der Waals surface area contributed by atoms with Crippen LogP contribution in [0.1, 0.15) is 342 Å². The first kappa shape index (κ1) is 80.7. The number of allylic oxidation sites excluding steroid dienone is 9. The molecular formula is C73H138N2O7P+. The highest BCUT2D eigenvalue weighted by Crippen LogP contribution is 2.43. The first-order chi connectivity index (χ1) is 40.4. The van der Waals surface area contributed by atoms with Crippen LogP contribution in [0.25, 0.3) is 0 Å². The zero-order valence-electron chi connectivity index (χ0n) is 55.7. The summed E-state index contributed by atoms with van der Waals surface area (Å²) in [6, 6.07) is -0.856. The van der Waals surface area contributed by atoms with Crippen molar-refractivity contribution < 1.29 is 37.3 Å². The van der Waals surface area contributed by atoms with Gasteiger partial charge in [0.1, 0.15) is 19.3 Å². The highest BCUT2D eigenvalue weighted by atomic mass is 31.2. The van der Waals surface area contributed by atoms with E-state index in [-0.39, 0.29) is 31.5 Å². The molecule has 0 fully saturated rings. The molecule has 9 nitrogen and oxygen atoms in total. The van der Waals surface area contributed by atoms with Crippen LogP contribution >= 0.6 is 7.82 Å². The maximum absolute atomic E-state index is 13.6. The summed E-state index contributed by atoms with van der Waals surface area (Å²) < 4.78 is 30.8. The summed E-state index contributed by atoms with van der Waals surface area (Å²) in [5, 5.41) is 3.07. The summed E-state index contributed by atoms with van der Waals surface area (Å²) in [5.41, 5.74) is 0. The number of carbonyl (C=O) groups excluding carboxylic acids is 2. The van der Waals surface area contributed by atoms with Crippen LogP contribution in [0.4, 0.5) is 0 Å². The second kappa shape index (κ2) is 62.8. The van der Waals surface area contributed by atoms with Gasteiger partial charge in [0.05, 0.1) is 33.8 Å². The molecule has 0 rings (SSSR count). The summed E-state index contributed by atoms with van der Waals surface area (Å²) in [6.45, 7) is 7.01. The van der Waals surface area contributed by atoms with Gasteiger partial charge < -0.3 is 19.4 Å². The second-order valence-electron chi connectivity index (χ2n) is 25.4. The Morgan fingerprint density at radius 3 is 1.12 bits per heavy atom. The molecule has 2 N–H and O–H groups in total. The molecule has 0 saturated heterocycles. The molecule has 0 radical (unpaired) electrons. The molecule has 1 amide bonds. The van der Waals surface area contributed by atoms with E-state index in [9.17, 15) is 19.0 Å². The number of phosphoric acid groups is 1. The minimum absolute atomic E-state index is 0.0372. The van der Waals surface area contributed by atoms with Crippen molar-refractivity contribution in [3.8, 4) is 0 Å². The number of hydrogen-bond acceptors (Lipinski definition) is 6. The summed E-state index contributed by atoms with van der Waals surface area (Å²) in [7, 11) is 1.49. The Morgan fingerprint density at radius 2 is 0.735 bits per heavy atom. The molecule has 0 aliphatic carbocycles. The third-order valence-corrected chi connectivity index (χ3v) is 16.9. The van der Waals surface area contributed by atoms with Gasteiger partial charge in [0.15, 0.2) is 0 Å². The van der Waals surface area contributed by atoms with Crippen LogP contribution in [0.3, 0.4) is 0 Å². The number of amides is 1. The smallest absolute Gasteiger partial charge is 0.456 e. The molecule has 486 valence electrons. The topological polar surface area (TPSA) is 111 Å². The predicted octanol–water partition coefficient (Wildman–Crippen LogP) is 22.6. The van der Waals surface area contributed by atoms with Crippen molar-refractivity contribution in [1.29, 1.82) is 0 Å². The van der Waals surface area contributed by atoms with E-state index < -0.39 is 20.0 Å². The number of rotatable bonds is 65. The van der Waals surface area contributed by atoms with Crippen molar-refractivity contribution in [3.63, 3.8) is 0 Å². The summed E-state index contributed by atoms with van der Waals surface area (Å²) in [4.78, 5) is 37.9. The fourth-order valence-electron chi connectivity index (χ4n) is 10.5. The molecule has 0 bridgehead atoms. The van der Waals surface area contributed by atoms with Crippen LogP contribution in [0.5, 0.6) is 0 Å². The maximum atomic E-state index is 13.6. The van der Waals surface area contributed by atoms with Gasteiger partial charge in [-0.15, -0.1) is 0 Å². The van der Waals surface area contributed by atoms with E-state index in [1.54, 1.807) is 0 Å². The van der Waals surface area contributed by atoms with Gasteiger partial charge in [-0.3, -0.25) is 18.6 Å². The molecule has 0 aromatic rings. The van der Waals surface area contributed by atoms with Gasteiger partial charge in [-0.05, 0) is 76.7 Å². The van der Waals surface area contributed by atoms with Crippen molar-refractivity contribution in [2.24, 2.45) is 0 Å². The zero-order valence-corrected chi connectivity index (χ0v) is 56.6. The molecule has 0 aromatic heterocycles. The minimum Gasteiger partial charge on any atom is -0.456 e. The van der Waals surface area contributed by atoms with E-state index in [0.717, 1.165) is 96.3 Å². The molecule has 0 spiro atoms. The van der Waals surface area contributed by atoms with Crippen molar-refractivity contribution >= 4 is 19.7 Å². The Kier molecular flexibility index (Phi) is 61.0. The molecule has 3 atom stereocenters. The number of unbranched alkanes of at least 4 members (excludes halogenated alkanes) is 41. The fraction of sp³-hybridized carbons (Fsp3) is 0.836. The van der Waals surface area contributed by atoms with Crippen molar-refractivity contribution in [3.05, 3.63) is 60.8 Å². The summed E-state index contributed by atoms with van der Waals surface area (Å²) in [6.07, 6.45) is 81.0. The average Bonchev–Trinajstić information content (AvgIpc) is 3.51. The van der Waals surface area contributed by atoms with Gasteiger partial charge in [0.2, 0.25) is 5.91 Å². The van der Waals surface area contributed by atoms with Crippen LogP contribution in [-0.4, -0.2) is 74.3 Å². The Bertz CT molecular complexity index is 1600. The number of likely N-dealkylation sites (N-methyl/N-ethyl adjacent to an activating group) is 1. The van der Waals surface area contributed by atoms with Gasteiger partial charge >= 0.3 is 13.8 Å². The normalized spacial score (nSPS) is 13.9. The maximum Gasteiger partial charge on any atom is 0.472 e. The minimum atomic E-state index is -4.46. The van der Waals surface area contributed by atoms with Crippen LogP contribution in [-0.2, 0) is 27.9 Å². The van der Waals surface area contributed by atoms with Crippen molar-refractivity contribution in [1.82, 2.24) is 5.32 Å². The molecule has 0 saturated carbocycles. The quantitative estimate of drug-likeness (QED) is 0.0205. The standard InChI is InChI=1S/C73H137N2O7P/c1-7-10-13-16-19-22-25-27-29-31-33-35-36-37-38-40-41-43-45-47-50-53-56-59-62-65-72(76)74-70(69-81-83(78,79)80-68-67-75(4,5)6)71(64-61-58-55-52-49-24-21-18-15-12-9-3)82-73(77)66-63-60-57-54-51-48-46-44-42-39-34-32-30-28-26-23-20-17-14-11-8-2/h20,23,28,30,34,39,44,46,61,64,70-71H,7-19,21-22,24-27,29,31-33,35-38,40-43,45,47-60,62-63,65-69H2,1-6H3,(H-,74,76,78,79)/p+1/b23-20-,30-28-,39-34-,46-44-,64-61+. The lowest BCUT2D eigenvalue weighted by molar-refractivity contribution is -0.870. The van der Waals surface area contributed by atoms with Crippen molar-refractivity contribution in [2.45, 2.75) is 354 Å². The lowest BCUT2D eigenvalue weighted by Crippen LogP contribution is -2.47. The van der Waals surface area contributed by atoms with E-state index in [1.165, 1.54) is 212 Å². The molecule has 10 heteroatoms. The SMILES string of the molecule is CCCCC/C=C\C/C=C\C/C=C\C/C=C\CCCCCCCC(=O)OC(/C=C/CCCCCCCCCCC)C(COP(=O)(O)OCC[N+](C)(C)C)NC(=O)CCCCCCCCCCCCCCCCCCCCCCCCCCC. The van der Waals surface area contributed by atoms with Crippen molar-refractivity contribution in [2.75, 3.05) is 40.9 Å². The van der Waals surface area contributed by atoms with Gasteiger partial charge in [-0.25, -0.2) is 4.57 Å². The first-order valence-electron chi connectivity index (χ1n) is 35.6. The number of hydrogen-bond donors (Lipinski definition) is 2. The molecule has 3 unspecified atom stereocenters. The first-order valence-corrected chi connectivity index (χ1v) is 37.1. The molecule has 0 aliphatic heterocycles. The second-order valence-corrected chi connectivity index (χ2v) is 26.9. The molecule has 83 heavy (non-hydrogen) atoms. The molecular weight excluding hydrogens is 1050 g/mol. The van der Waals surface area contributed by atoms with Gasteiger partial charge in [-0.2, -0.15) is 0 Å². The number of esters is 1. The predicted molar refractivity (Wildman–Crippen MR) is 360 cm³/mol. The number of quaternary nitrogens is 1. The van der Waals surface area contributed by atoms with E-state index in [2.05, 4.69) is 74.7 Å². The number of carbonyl (C=O) groups is 2. The highest BCUT2D eigenvalue weighted by molar-refractivity contribution is 7.47. The Morgan fingerprint density at radius 1 is 0.422 bits per heavy atom. The summed E-state index contributed by atoms with van der Waals surface area (Å²) in [5.74, 6) is -0.513. The number of phosphoric ester groups is 1. The number of nitrogens with zero attached hydrogens (tertiary/aromatic N) is 1. The van der Waals surface area contributed by atoms with Gasteiger partial charge in [0.25, 0.3) is 0 Å². The fourth-order valence-corrected chi connectivity index (χ4v) is 11.2. The zero-order chi connectivity index (χ0) is 60.7. The largest absolute Gasteiger partial charge is 0.472 e. The van der Waals surface area contributed by atoms with E-state index in [0.29, 0.717) is 17.4 Å². The monoisotopic (exact) mass is 1190 g/mol. The average molecular weight is 1190 g/mol. The molecule has 0 heterocycles. The summed E-state index contributed by atoms with van der Waals surface area (Å²) >= 11 is 0. The van der Waals surface area contributed by atoms with E-state index in [4.69, 9.17) is 13.8 Å². The number of nitrogens with one attached hydrogen (secondary N) is 1. The molecule has 0 aromatic carbocycles. The van der Waals surface area contributed by atoms with Crippen LogP contribution in [0.15, 0.2) is 60.8 Å². The van der Waals surface area contributed by atoms with Gasteiger partial charge in [-0.1, -0.05) is 313 Å². The molecule has 0 aliphatic rings. The lowest BCUT2D eigenvalue weighted by Gasteiger charge is -2.27. The third-order valence-electron chi connectivity index (χ3n) is 16.0. The van der Waals surface area contributed by atoms with Crippen LogP contribution in [0.2, 0.25) is 0 Å². The van der Waals surface area contributed by atoms with Crippen LogP contribution in [0, 0.1) is 0 Å². The number of ether oxygens (including phenoxy) is 1. The highest BCUT2D eigenvalue weighted by Gasteiger charge is 2.30. The van der Waals surface area contributed by atoms with E-state index in [1.807, 2.05) is 33.3 Å². The Balaban J connectivity index is 5.03. The van der Waals surface area contributed by atoms with E-state index >= 15 is 0 Å². The Labute approximate surface area is 515 Å². The van der Waals surface area contributed by atoms with Crippen LogP contribution < -0.4 is 5.32 Å². The third kappa shape index (κ3) is 64.0. The Hall–Kier alpha value is -2.29. The lowest BCUT2D eigenvalue weighted by atomic mass is 10.0.